The monoisotopic (exact) mass is 97.1 g/mol. The summed E-state index contributed by atoms with van der Waals surface area (Å²) in [7, 11) is 0. The van der Waals surface area contributed by atoms with E-state index in [1.807, 2.05) is 6.92 Å². The van der Waals surface area contributed by atoms with E-state index in [1.165, 1.54) is 5.57 Å². The first-order valence-electron chi connectivity index (χ1n) is 2.67. The van der Waals surface area contributed by atoms with Gasteiger partial charge in [-0.1, -0.05) is 19.1 Å². The minimum atomic E-state index is 0.458. The van der Waals surface area contributed by atoms with Gasteiger partial charge in [0.05, 0.1) is 0 Å². The Hall–Kier alpha value is -0.260. The smallest absolute Gasteiger partial charge is 0.0211 e. The molecule has 7 heavy (non-hydrogen) atoms. The topological polar surface area (TPSA) is 0 Å². The summed E-state index contributed by atoms with van der Waals surface area (Å²) in [6.45, 7) is 11.8. The fourth-order valence-corrected chi connectivity index (χ4v) is 0.348. The Morgan fingerprint density at radius 2 is 2.14 bits per heavy atom. The van der Waals surface area contributed by atoms with Crippen molar-refractivity contribution in [2.45, 2.75) is 20.3 Å². The fraction of sp³-hybridized carbons (Fsp3) is 0.571. The van der Waals surface area contributed by atoms with Crippen LogP contribution in [-0.4, -0.2) is 0 Å². The van der Waals surface area contributed by atoms with E-state index in [1.54, 1.807) is 0 Å². The average Bonchev–Trinajstić information content (AvgIpc) is 1.65. The van der Waals surface area contributed by atoms with Crippen molar-refractivity contribution in [1.29, 1.82) is 0 Å². The van der Waals surface area contributed by atoms with Gasteiger partial charge in [0.25, 0.3) is 0 Å². The molecule has 0 heteroatoms. The maximum absolute atomic E-state index is 3.86. The zero-order valence-corrected chi connectivity index (χ0v) is 5.20. The Morgan fingerprint density at radius 1 is 1.71 bits per heavy atom. The number of rotatable bonds is 2. The third-order valence-corrected chi connectivity index (χ3v) is 1.19. The Labute approximate surface area is 46.2 Å². The summed E-state index contributed by atoms with van der Waals surface area (Å²) < 4.78 is 0. The van der Waals surface area contributed by atoms with Crippen molar-refractivity contribution in [1.82, 2.24) is 0 Å². The van der Waals surface area contributed by atoms with E-state index in [0.29, 0.717) is 5.92 Å². The summed E-state index contributed by atoms with van der Waals surface area (Å²) in [5, 5.41) is 0. The predicted octanol–water partition coefficient (Wildman–Crippen LogP) is 2.42. The molecule has 0 nitrogen and oxygen atoms in total. The highest BCUT2D eigenvalue weighted by molar-refractivity contribution is 4.96. The van der Waals surface area contributed by atoms with Crippen molar-refractivity contribution in [3.63, 3.8) is 0 Å². The van der Waals surface area contributed by atoms with Crippen molar-refractivity contribution < 1.29 is 0 Å². The Morgan fingerprint density at radius 3 is 2.14 bits per heavy atom. The molecule has 1 atom stereocenters. The predicted molar refractivity (Wildman–Crippen MR) is 34.0 cm³/mol. The number of hydrogen-bond donors (Lipinski definition) is 0. The summed E-state index contributed by atoms with van der Waals surface area (Å²) in [5.74, 6) is 0.458. The van der Waals surface area contributed by atoms with Gasteiger partial charge >= 0.3 is 0 Å². The summed E-state index contributed by atoms with van der Waals surface area (Å²) in [6, 6.07) is 0. The number of hydrogen-bond acceptors (Lipinski definition) is 0. The SMILES string of the molecule is [CH2]C(CC)C(=C)C. The van der Waals surface area contributed by atoms with E-state index in [2.05, 4.69) is 20.4 Å². The molecule has 1 radical (unpaired) electrons. The molecule has 0 fully saturated rings. The van der Waals surface area contributed by atoms with Crippen LogP contribution < -0.4 is 0 Å². The van der Waals surface area contributed by atoms with Crippen LogP contribution in [0.25, 0.3) is 0 Å². The third-order valence-electron chi connectivity index (χ3n) is 1.19. The molecule has 0 saturated carbocycles. The number of allylic oxidation sites excluding steroid dienone is 1. The van der Waals surface area contributed by atoms with Gasteiger partial charge in [0.1, 0.15) is 0 Å². The molecule has 0 aliphatic carbocycles. The van der Waals surface area contributed by atoms with Crippen LogP contribution in [-0.2, 0) is 0 Å². The highest BCUT2D eigenvalue weighted by Crippen LogP contribution is 2.08. The molecule has 0 aliphatic rings. The van der Waals surface area contributed by atoms with Gasteiger partial charge < -0.3 is 0 Å². The van der Waals surface area contributed by atoms with Gasteiger partial charge in [-0.2, -0.15) is 0 Å². The lowest BCUT2D eigenvalue weighted by Crippen LogP contribution is -1.90. The van der Waals surface area contributed by atoms with Gasteiger partial charge in [0, 0.05) is 0 Å². The lowest BCUT2D eigenvalue weighted by Gasteiger charge is -2.03. The quantitative estimate of drug-likeness (QED) is 0.464. The van der Waals surface area contributed by atoms with E-state index < -0.39 is 0 Å². The molecule has 0 aliphatic heterocycles. The summed E-state index contributed by atoms with van der Waals surface area (Å²) in [6.07, 6.45) is 1.11. The van der Waals surface area contributed by atoms with E-state index in [4.69, 9.17) is 0 Å². The second-order valence-electron chi connectivity index (χ2n) is 1.95. The molecule has 0 aromatic carbocycles. The van der Waals surface area contributed by atoms with E-state index >= 15 is 0 Å². The second kappa shape index (κ2) is 2.84. The van der Waals surface area contributed by atoms with Crippen LogP contribution in [0.2, 0.25) is 0 Å². The molecule has 41 valence electrons. The van der Waals surface area contributed by atoms with Gasteiger partial charge in [-0.15, -0.1) is 0 Å². The van der Waals surface area contributed by atoms with Crippen LogP contribution in [0.3, 0.4) is 0 Å². The molecule has 0 amide bonds. The molecule has 0 N–H and O–H groups in total. The lowest BCUT2D eigenvalue weighted by atomic mass is 10.0. The van der Waals surface area contributed by atoms with E-state index in [-0.39, 0.29) is 0 Å². The molecule has 0 aromatic heterocycles. The van der Waals surface area contributed by atoms with Crippen LogP contribution in [0.5, 0.6) is 0 Å². The Balaban J connectivity index is 3.34. The van der Waals surface area contributed by atoms with Gasteiger partial charge in [0.2, 0.25) is 0 Å². The summed E-state index contributed by atoms with van der Waals surface area (Å²) >= 11 is 0. The molecular weight excluding hydrogens is 84.1 g/mol. The molecule has 0 heterocycles. The van der Waals surface area contributed by atoms with Crippen LogP contribution in [0.1, 0.15) is 20.3 Å². The van der Waals surface area contributed by atoms with Crippen LogP contribution >= 0.6 is 0 Å². The van der Waals surface area contributed by atoms with Gasteiger partial charge in [-0.3, -0.25) is 0 Å². The highest BCUT2D eigenvalue weighted by Gasteiger charge is 1.94. The molecule has 1 unspecified atom stereocenters. The van der Waals surface area contributed by atoms with Crippen LogP contribution in [0, 0.1) is 12.8 Å². The van der Waals surface area contributed by atoms with Crippen molar-refractivity contribution in [3.8, 4) is 0 Å². The molecule has 0 bridgehead atoms. The second-order valence-corrected chi connectivity index (χ2v) is 1.95. The first kappa shape index (κ1) is 6.74. The van der Waals surface area contributed by atoms with Crippen LogP contribution in [0.15, 0.2) is 12.2 Å². The molecule has 0 aromatic rings. The normalized spacial score (nSPS) is 13.6. The Bertz CT molecular complexity index is 62.4. The van der Waals surface area contributed by atoms with Gasteiger partial charge in [-0.05, 0) is 26.2 Å². The standard InChI is InChI=1S/C7H13/c1-5-7(4)6(2)3/h7H,2,4-5H2,1,3H3. The van der Waals surface area contributed by atoms with Gasteiger partial charge in [-0.25, -0.2) is 0 Å². The minimum absolute atomic E-state index is 0.458. The van der Waals surface area contributed by atoms with Gasteiger partial charge in [0.15, 0.2) is 0 Å². The molecular formula is C7H13. The first-order chi connectivity index (χ1) is 3.18. The summed E-state index contributed by atoms with van der Waals surface area (Å²) in [4.78, 5) is 0. The van der Waals surface area contributed by atoms with Crippen molar-refractivity contribution >= 4 is 0 Å². The highest BCUT2D eigenvalue weighted by atomic mass is 14.0. The zero-order valence-electron chi connectivity index (χ0n) is 5.20. The lowest BCUT2D eigenvalue weighted by molar-refractivity contribution is 0.726. The fourth-order valence-electron chi connectivity index (χ4n) is 0.348. The first-order valence-corrected chi connectivity index (χ1v) is 2.67. The molecule has 0 rings (SSSR count). The average molecular weight is 97.2 g/mol. The summed E-state index contributed by atoms with van der Waals surface area (Å²) in [5.41, 5.74) is 1.18. The molecule has 0 saturated heterocycles. The van der Waals surface area contributed by atoms with Crippen molar-refractivity contribution in [3.05, 3.63) is 19.1 Å². The third kappa shape index (κ3) is 2.44. The zero-order chi connectivity index (χ0) is 5.86. The van der Waals surface area contributed by atoms with E-state index in [9.17, 15) is 0 Å². The largest absolute Gasteiger partial charge is 0.0999 e. The molecule has 0 spiro atoms. The van der Waals surface area contributed by atoms with Crippen molar-refractivity contribution in [2.24, 2.45) is 5.92 Å². The Kier molecular flexibility index (Phi) is 2.73. The van der Waals surface area contributed by atoms with Crippen molar-refractivity contribution in [2.75, 3.05) is 0 Å². The maximum Gasteiger partial charge on any atom is -0.0211 e. The van der Waals surface area contributed by atoms with Crippen LogP contribution in [0.4, 0.5) is 0 Å². The maximum atomic E-state index is 3.86. The minimum Gasteiger partial charge on any atom is -0.0999 e. The van der Waals surface area contributed by atoms with E-state index in [0.717, 1.165) is 6.42 Å².